The van der Waals surface area contributed by atoms with E-state index in [1.807, 2.05) is 66.1 Å². The van der Waals surface area contributed by atoms with Gasteiger partial charge in [0.1, 0.15) is 12.4 Å². The Bertz CT molecular complexity index is 1150. The van der Waals surface area contributed by atoms with E-state index in [2.05, 4.69) is 22.3 Å². The summed E-state index contributed by atoms with van der Waals surface area (Å²) < 4.78 is 8.01. The summed E-state index contributed by atoms with van der Waals surface area (Å²) in [6.07, 6.45) is 0. The lowest BCUT2D eigenvalue weighted by Gasteiger charge is -2.12. The lowest BCUT2D eigenvalue weighted by atomic mass is 10.1. The van der Waals surface area contributed by atoms with Crippen molar-refractivity contribution in [2.24, 2.45) is 5.73 Å². The van der Waals surface area contributed by atoms with Crippen LogP contribution in [0.15, 0.2) is 71.9 Å². The van der Waals surface area contributed by atoms with Crippen molar-refractivity contribution in [3.05, 3.63) is 78.1 Å². The van der Waals surface area contributed by atoms with Gasteiger partial charge in [-0.2, -0.15) is 0 Å². The molecule has 2 N–H and O–H groups in total. The van der Waals surface area contributed by atoms with Crippen LogP contribution in [-0.4, -0.2) is 26.4 Å². The summed E-state index contributed by atoms with van der Waals surface area (Å²) >= 11 is 1.26. The molecule has 0 aliphatic heterocycles. The van der Waals surface area contributed by atoms with Crippen LogP contribution in [0.4, 0.5) is 0 Å². The highest BCUT2D eigenvalue weighted by atomic mass is 32.2. The Hall–Kier alpha value is -3.32. The molecule has 29 heavy (non-hydrogen) atoms. The number of primary amides is 1. The molecule has 0 radical (unpaired) electrons. The van der Waals surface area contributed by atoms with Gasteiger partial charge in [0.25, 0.3) is 0 Å². The Morgan fingerprint density at radius 2 is 1.79 bits per heavy atom. The van der Waals surface area contributed by atoms with Gasteiger partial charge in [-0.25, -0.2) is 0 Å². The number of thioether (sulfide) groups is 1. The topological polar surface area (TPSA) is 83.0 Å². The Balaban J connectivity index is 1.66. The molecule has 1 heterocycles. The van der Waals surface area contributed by atoms with Crippen LogP contribution in [0.25, 0.3) is 16.5 Å². The van der Waals surface area contributed by atoms with E-state index in [-0.39, 0.29) is 12.4 Å². The first-order chi connectivity index (χ1) is 14.1. The lowest BCUT2D eigenvalue weighted by Crippen LogP contribution is -2.14. The average Bonchev–Trinajstić information content (AvgIpc) is 3.14. The first-order valence-corrected chi connectivity index (χ1v) is 10.1. The first kappa shape index (κ1) is 19.0. The third-order valence-corrected chi connectivity index (χ3v) is 5.39. The Morgan fingerprint density at radius 1 is 1.03 bits per heavy atom. The van der Waals surface area contributed by atoms with Crippen molar-refractivity contribution >= 4 is 28.4 Å². The molecule has 0 aliphatic rings. The van der Waals surface area contributed by atoms with E-state index in [0.29, 0.717) is 11.0 Å². The third-order valence-electron chi connectivity index (χ3n) is 4.44. The third kappa shape index (κ3) is 4.25. The van der Waals surface area contributed by atoms with Crippen LogP contribution in [0.3, 0.4) is 0 Å². The number of nitrogens with zero attached hydrogens (tertiary/aromatic N) is 3. The number of hydrogen-bond acceptors (Lipinski definition) is 5. The predicted molar refractivity (Wildman–Crippen MR) is 114 cm³/mol. The van der Waals surface area contributed by atoms with Gasteiger partial charge in [-0.3, -0.25) is 9.36 Å². The molecule has 0 spiro atoms. The normalized spacial score (nSPS) is 10.9. The SMILES string of the molecule is Cc1ccc(-n2c(COc3cccc4ccccc34)nnc2SCC(N)=O)cc1. The summed E-state index contributed by atoms with van der Waals surface area (Å²) in [7, 11) is 0. The number of rotatable bonds is 7. The van der Waals surface area contributed by atoms with Gasteiger partial charge in [0.2, 0.25) is 5.91 Å². The fraction of sp³-hybridized carbons (Fsp3) is 0.136. The van der Waals surface area contributed by atoms with E-state index in [4.69, 9.17) is 10.5 Å². The van der Waals surface area contributed by atoms with Gasteiger partial charge in [0, 0.05) is 11.1 Å². The van der Waals surface area contributed by atoms with Crippen molar-refractivity contribution in [3.8, 4) is 11.4 Å². The molecule has 4 rings (SSSR count). The molecular weight excluding hydrogens is 384 g/mol. The molecule has 0 bridgehead atoms. The number of nitrogens with two attached hydrogens (primary N) is 1. The molecule has 0 aliphatic carbocycles. The molecule has 1 amide bonds. The number of benzene rings is 3. The van der Waals surface area contributed by atoms with Gasteiger partial charge in [0.05, 0.1) is 5.75 Å². The van der Waals surface area contributed by atoms with Crippen LogP contribution < -0.4 is 10.5 Å². The summed E-state index contributed by atoms with van der Waals surface area (Å²) in [6, 6.07) is 22.1. The first-order valence-electron chi connectivity index (χ1n) is 9.15. The predicted octanol–water partition coefficient (Wildman–Crippen LogP) is 3.89. The molecule has 0 unspecified atom stereocenters. The maximum atomic E-state index is 11.2. The molecule has 146 valence electrons. The Kier molecular flexibility index (Phi) is 5.48. The van der Waals surface area contributed by atoms with E-state index >= 15 is 0 Å². The van der Waals surface area contributed by atoms with Gasteiger partial charge in [-0.15, -0.1) is 10.2 Å². The van der Waals surface area contributed by atoms with Crippen LogP contribution in [0.2, 0.25) is 0 Å². The molecule has 1 aromatic heterocycles. The summed E-state index contributed by atoms with van der Waals surface area (Å²) in [6.45, 7) is 2.27. The number of fused-ring (bicyclic) bond motifs is 1. The van der Waals surface area contributed by atoms with Crippen LogP contribution in [0, 0.1) is 6.92 Å². The summed E-state index contributed by atoms with van der Waals surface area (Å²) in [5, 5.41) is 11.3. The Morgan fingerprint density at radius 3 is 2.59 bits per heavy atom. The van der Waals surface area contributed by atoms with Crippen LogP contribution >= 0.6 is 11.8 Å². The maximum Gasteiger partial charge on any atom is 0.227 e. The number of carbonyl (C=O) groups is 1. The highest BCUT2D eigenvalue weighted by molar-refractivity contribution is 7.99. The van der Waals surface area contributed by atoms with Crippen LogP contribution in [0.1, 0.15) is 11.4 Å². The number of carbonyl (C=O) groups excluding carboxylic acids is 1. The van der Waals surface area contributed by atoms with Crippen molar-refractivity contribution in [2.75, 3.05) is 5.75 Å². The number of hydrogen-bond donors (Lipinski definition) is 1. The lowest BCUT2D eigenvalue weighted by molar-refractivity contribution is -0.115. The minimum absolute atomic E-state index is 0.133. The largest absolute Gasteiger partial charge is 0.485 e. The van der Waals surface area contributed by atoms with Gasteiger partial charge in [-0.1, -0.05) is 65.9 Å². The second-order valence-electron chi connectivity index (χ2n) is 6.59. The van der Waals surface area contributed by atoms with Crippen molar-refractivity contribution < 1.29 is 9.53 Å². The zero-order chi connectivity index (χ0) is 20.2. The zero-order valence-electron chi connectivity index (χ0n) is 15.9. The molecule has 6 nitrogen and oxygen atoms in total. The van der Waals surface area contributed by atoms with Crippen molar-refractivity contribution in [2.45, 2.75) is 18.7 Å². The van der Waals surface area contributed by atoms with Gasteiger partial charge in [-0.05, 0) is 30.5 Å². The quantitative estimate of drug-likeness (QED) is 0.473. The molecule has 3 aromatic carbocycles. The second kappa shape index (κ2) is 8.36. The monoisotopic (exact) mass is 404 g/mol. The molecular formula is C22H20N4O2S. The number of ether oxygens (including phenoxy) is 1. The zero-order valence-corrected chi connectivity index (χ0v) is 16.7. The second-order valence-corrected chi connectivity index (χ2v) is 7.53. The minimum Gasteiger partial charge on any atom is -0.485 e. The molecule has 0 saturated heterocycles. The van der Waals surface area contributed by atoms with E-state index in [1.165, 1.54) is 11.8 Å². The van der Waals surface area contributed by atoms with E-state index in [9.17, 15) is 4.79 Å². The minimum atomic E-state index is -0.401. The fourth-order valence-electron chi connectivity index (χ4n) is 3.04. The molecule has 0 fully saturated rings. The summed E-state index contributed by atoms with van der Waals surface area (Å²) in [5.41, 5.74) is 7.36. The average molecular weight is 404 g/mol. The van der Waals surface area contributed by atoms with Crippen molar-refractivity contribution in [1.82, 2.24) is 14.8 Å². The standard InChI is InChI=1S/C22H20N4O2S/c1-15-9-11-17(12-10-15)26-21(24-25-22(26)29-14-20(23)27)13-28-19-8-4-6-16-5-2-3-7-18(16)19/h2-12H,13-14H2,1H3,(H2,23,27). The highest BCUT2D eigenvalue weighted by Gasteiger charge is 2.16. The highest BCUT2D eigenvalue weighted by Crippen LogP contribution is 2.27. The number of amides is 1. The summed E-state index contributed by atoms with van der Waals surface area (Å²) in [5.74, 6) is 1.16. The molecule has 0 atom stereocenters. The van der Waals surface area contributed by atoms with E-state index in [0.717, 1.165) is 27.8 Å². The number of aryl methyl sites for hydroxylation is 1. The van der Waals surface area contributed by atoms with Crippen molar-refractivity contribution in [1.29, 1.82) is 0 Å². The maximum absolute atomic E-state index is 11.2. The van der Waals surface area contributed by atoms with Crippen LogP contribution in [-0.2, 0) is 11.4 Å². The molecule has 7 heteroatoms. The summed E-state index contributed by atoms with van der Waals surface area (Å²) in [4.78, 5) is 11.2. The van der Waals surface area contributed by atoms with E-state index < -0.39 is 5.91 Å². The Labute approximate surface area is 172 Å². The van der Waals surface area contributed by atoms with Crippen molar-refractivity contribution in [3.63, 3.8) is 0 Å². The smallest absolute Gasteiger partial charge is 0.227 e. The van der Waals surface area contributed by atoms with Gasteiger partial charge in [0.15, 0.2) is 11.0 Å². The van der Waals surface area contributed by atoms with E-state index in [1.54, 1.807) is 0 Å². The number of aromatic nitrogens is 3. The molecule has 4 aromatic rings. The van der Waals surface area contributed by atoms with Gasteiger partial charge < -0.3 is 10.5 Å². The van der Waals surface area contributed by atoms with Crippen LogP contribution in [0.5, 0.6) is 5.75 Å². The molecule has 0 saturated carbocycles. The van der Waals surface area contributed by atoms with Gasteiger partial charge >= 0.3 is 0 Å². The fourth-order valence-corrected chi connectivity index (χ4v) is 3.75.